The van der Waals surface area contributed by atoms with Crippen LogP contribution in [0.2, 0.25) is 0 Å². The van der Waals surface area contributed by atoms with Crippen molar-refractivity contribution in [2.24, 2.45) is 0 Å². The molecule has 128 valence electrons. The first-order valence-electron chi connectivity index (χ1n) is 8.49. The van der Waals surface area contributed by atoms with E-state index in [1.54, 1.807) is 12.4 Å². The normalized spacial score (nSPS) is 17.8. The van der Waals surface area contributed by atoms with Crippen LogP contribution >= 0.6 is 0 Å². The summed E-state index contributed by atoms with van der Waals surface area (Å²) in [5.74, 6) is 1.72. The molecule has 24 heavy (non-hydrogen) atoms. The van der Waals surface area contributed by atoms with Gasteiger partial charge in [-0.3, -0.25) is 4.98 Å². The number of aromatic nitrogens is 1. The van der Waals surface area contributed by atoms with E-state index >= 15 is 0 Å². The summed E-state index contributed by atoms with van der Waals surface area (Å²) in [7, 11) is 0. The van der Waals surface area contributed by atoms with Gasteiger partial charge in [0, 0.05) is 37.6 Å². The standard InChI is InChI=1S/C19H25N3O2/c1-15(2)24-18-6-3-5-16(11-18)22-10-9-21-12-17(22)14-23-19-7-4-8-20-13-19/h3-8,11,13,15,17,21H,9-10,12,14H2,1-2H3. The van der Waals surface area contributed by atoms with Gasteiger partial charge in [-0.25, -0.2) is 0 Å². The molecule has 0 spiro atoms. The maximum Gasteiger partial charge on any atom is 0.137 e. The van der Waals surface area contributed by atoms with Crippen LogP contribution in [0.1, 0.15) is 13.8 Å². The Morgan fingerprint density at radius 3 is 2.92 bits per heavy atom. The predicted octanol–water partition coefficient (Wildman–Crippen LogP) is 2.73. The molecule has 1 fully saturated rings. The van der Waals surface area contributed by atoms with Crippen molar-refractivity contribution in [1.82, 2.24) is 10.3 Å². The van der Waals surface area contributed by atoms with E-state index in [1.165, 1.54) is 5.69 Å². The fourth-order valence-corrected chi connectivity index (χ4v) is 2.88. The Labute approximate surface area is 143 Å². The molecule has 2 aromatic rings. The lowest BCUT2D eigenvalue weighted by Crippen LogP contribution is -2.54. The van der Waals surface area contributed by atoms with Crippen molar-refractivity contribution in [3.8, 4) is 11.5 Å². The van der Waals surface area contributed by atoms with Gasteiger partial charge in [-0.2, -0.15) is 0 Å². The minimum Gasteiger partial charge on any atom is -0.491 e. The average Bonchev–Trinajstić information content (AvgIpc) is 2.61. The molecule has 1 atom stereocenters. The van der Waals surface area contributed by atoms with Crippen molar-refractivity contribution in [3.63, 3.8) is 0 Å². The van der Waals surface area contributed by atoms with Gasteiger partial charge in [0.15, 0.2) is 0 Å². The van der Waals surface area contributed by atoms with Crippen LogP contribution in [0.5, 0.6) is 11.5 Å². The number of nitrogens with zero attached hydrogens (tertiary/aromatic N) is 2. The molecular weight excluding hydrogens is 302 g/mol. The summed E-state index contributed by atoms with van der Waals surface area (Å²) in [6.07, 6.45) is 3.67. The van der Waals surface area contributed by atoms with E-state index in [9.17, 15) is 0 Å². The molecule has 1 saturated heterocycles. The van der Waals surface area contributed by atoms with Gasteiger partial charge in [0.05, 0.1) is 18.3 Å². The number of hydrogen-bond acceptors (Lipinski definition) is 5. The third-order valence-corrected chi connectivity index (χ3v) is 3.95. The first-order chi connectivity index (χ1) is 11.7. The van der Waals surface area contributed by atoms with Crippen molar-refractivity contribution in [2.75, 3.05) is 31.1 Å². The fraction of sp³-hybridized carbons (Fsp3) is 0.421. The molecule has 0 amide bonds. The van der Waals surface area contributed by atoms with Crippen molar-refractivity contribution in [2.45, 2.75) is 26.0 Å². The Bertz CT molecular complexity index is 634. The van der Waals surface area contributed by atoms with Crippen LogP contribution in [-0.2, 0) is 0 Å². The van der Waals surface area contributed by atoms with E-state index in [2.05, 4.69) is 27.3 Å². The number of ether oxygens (including phenoxy) is 2. The first-order valence-corrected chi connectivity index (χ1v) is 8.49. The predicted molar refractivity (Wildman–Crippen MR) is 95.9 cm³/mol. The lowest BCUT2D eigenvalue weighted by molar-refractivity contribution is 0.242. The molecule has 0 aliphatic carbocycles. The summed E-state index contributed by atoms with van der Waals surface area (Å²) in [4.78, 5) is 6.48. The van der Waals surface area contributed by atoms with E-state index in [0.29, 0.717) is 6.61 Å². The molecule has 1 unspecified atom stereocenters. The highest BCUT2D eigenvalue weighted by Gasteiger charge is 2.23. The summed E-state index contributed by atoms with van der Waals surface area (Å²) < 4.78 is 11.7. The molecule has 0 bridgehead atoms. The number of hydrogen-bond donors (Lipinski definition) is 1. The van der Waals surface area contributed by atoms with Crippen LogP contribution in [0, 0.1) is 0 Å². The zero-order valence-electron chi connectivity index (χ0n) is 14.3. The third kappa shape index (κ3) is 4.38. The number of nitrogens with one attached hydrogen (secondary N) is 1. The molecule has 1 aliphatic rings. The van der Waals surface area contributed by atoms with Crippen LogP contribution in [0.25, 0.3) is 0 Å². The Kier molecular flexibility index (Phi) is 5.54. The van der Waals surface area contributed by atoms with Crippen LogP contribution in [0.4, 0.5) is 5.69 Å². The van der Waals surface area contributed by atoms with Gasteiger partial charge < -0.3 is 19.7 Å². The molecule has 1 N–H and O–H groups in total. The minimum atomic E-state index is 0.174. The summed E-state index contributed by atoms with van der Waals surface area (Å²) in [5.41, 5.74) is 1.18. The molecule has 0 radical (unpaired) electrons. The second-order valence-electron chi connectivity index (χ2n) is 6.22. The van der Waals surface area contributed by atoms with E-state index in [1.807, 2.05) is 38.1 Å². The first kappa shape index (κ1) is 16.6. The van der Waals surface area contributed by atoms with Gasteiger partial charge in [-0.05, 0) is 38.1 Å². The molecule has 1 aromatic carbocycles. The van der Waals surface area contributed by atoms with Crippen molar-refractivity contribution in [1.29, 1.82) is 0 Å². The number of anilines is 1. The Balaban J connectivity index is 1.70. The highest BCUT2D eigenvalue weighted by atomic mass is 16.5. The van der Waals surface area contributed by atoms with E-state index in [-0.39, 0.29) is 12.1 Å². The highest BCUT2D eigenvalue weighted by molar-refractivity contribution is 5.52. The van der Waals surface area contributed by atoms with E-state index < -0.39 is 0 Å². The number of rotatable bonds is 6. The van der Waals surface area contributed by atoms with E-state index in [0.717, 1.165) is 31.1 Å². The maximum atomic E-state index is 5.92. The summed E-state index contributed by atoms with van der Waals surface area (Å²) in [6.45, 7) is 7.53. The van der Waals surface area contributed by atoms with Crippen molar-refractivity contribution in [3.05, 3.63) is 48.8 Å². The zero-order valence-corrected chi connectivity index (χ0v) is 14.3. The van der Waals surface area contributed by atoms with Crippen LogP contribution in [-0.4, -0.2) is 43.4 Å². The van der Waals surface area contributed by atoms with Crippen LogP contribution in [0.3, 0.4) is 0 Å². The second kappa shape index (κ2) is 8.02. The molecule has 1 aromatic heterocycles. The lowest BCUT2D eigenvalue weighted by Gasteiger charge is -2.38. The van der Waals surface area contributed by atoms with Crippen LogP contribution < -0.4 is 19.7 Å². The number of pyridine rings is 1. The second-order valence-corrected chi connectivity index (χ2v) is 6.22. The van der Waals surface area contributed by atoms with E-state index in [4.69, 9.17) is 9.47 Å². The van der Waals surface area contributed by atoms with Gasteiger partial charge >= 0.3 is 0 Å². The fourth-order valence-electron chi connectivity index (χ4n) is 2.88. The highest BCUT2D eigenvalue weighted by Crippen LogP contribution is 2.24. The Hall–Kier alpha value is -2.27. The average molecular weight is 327 g/mol. The van der Waals surface area contributed by atoms with Crippen LogP contribution in [0.15, 0.2) is 48.8 Å². The largest absolute Gasteiger partial charge is 0.491 e. The topological polar surface area (TPSA) is 46.6 Å². The molecule has 2 heterocycles. The SMILES string of the molecule is CC(C)Oc1cccc(N2CCNCC2COc2cccnc2)c1. The van der Waals surface area contributed by atoms with Gasteiger partial charge in [0.2, 0.25) is 0 Å². The lowest BCUT2D eigenvalue weighted by atomic mass is 10.1. The molecule has 0 saturated carbocycles. The van der Waals surface area contributed by atoms with Gasteiger partial charge in [0.25, 0.3) is 0 Å². The summed E-state index contributed by atoms with van der Waals surface area (Å²) in [5, 5.41) is 3.45. The Morgan fingerprint density at radius 2 is 2.12 bits per heavy atom. The Morgan fingerprint density at radius 1 is 1.25 bits per heavy atom. The maximum absolute atomic E-state index is 5.92. The number of piperazine rings is 1. The monoisotopic (exact) mass is 327 g/mol. The van der Waals surface area contributed by atoms with Crippen molar-refractivity contribution >= 4 is 5.69 Å². The molecule has 5 heteroatoms. The summed E-state index contributed by atoms with van der Waals surface area (Å²) in [6, 6.07) is 12.4. The third-order valence-electron chi connectivity index (χ3n) is 3.95. The van der Waals surface area contributed by atoms with Gasteiger partial charge in [0.1, 0.15) is 18.1 Å². The zero-order chi connectivity index (χ0) is 16.8. The molecule has 1 aliphatic heterocycles. The van der Waals surface area contributed by atoms with Crippen molar-refractivity contribution < 1.29 is 9.47 Å². The quantitative estimate of drug-likeness (QED) is 0.884. The molecule has 3 rings (SSSR count). The molecule has 5 nitrogen and oxygen atoms in total. The van der Waals surface area contributed by atoms with Gasteiger partial charge in [-0.1, -0.05) is 6.07 Å². The summed E-state index contributed by atoms with van der Waals surface area (Å²) >= 11 is 0. The smallest absolute Gasteiger partial charge is 0.137 e. The minimum absolute atomic E-state index is 0.174. The number of benzene rings is 1. The molecular formula is C19H25N3O2. The van der Waals surface area contributed by atoms with Gasteiger partial charge in [-0.15, -0.1) is 0 Å².